The van der Waals surface area contributed by atoms with E-state index in [2.05, 4.69) is 28.9 Å². The number of nitrogens with zero attached hydrogens (tertiary/aromatic N) is 3. The van der Waals surface area contributed by atoms with E-state index in [0.29, 0.717) is 32.0 Å². The van der Waals surface area contributed by atoms with E-state index in [1.807, 2.05) is 24.5 Å². The van der Waals surface area contributed by atoms with Crippen molar-refractivity contribution in [2.45, 2.75) is 34.2 Å². The molecule has 0 unspecified atom stereocenters. The monoisotopic (exact) mass is 627 g/mol. The number of hydrogen-bond donors (Lipinski definition) is 2. The van der Waals surface area contributed by atoms with E-state index in [0.717, 1.165) is 24.4 Å². The summed E-state index contributed by atoms with van der Waals surface area (Å²) in [5, 5.41) is 13.2. The maximum absolute atomic E-state index is 12.9. The lowest BCUT2D eigenvalue weighted by atomic mass is 10.0. The Morgan fingerprint density at radius 1 is 1.21 bits per heavy atom. The van der Waals surface area contributed by atoms with E-state index in [-0.39, 0.29) is 17.4 Å². The number of carboxylic acid groups (broad SMARTS) is 1. The van der Waals surface area contributed by atoms with Crippen molar-refractivity contribution < 1.29 is 24.1 Å². The molecule has 1 aromatic heterocycles. The third-order valence-electron chi connectivity index (χ3n) is 6.11. The van der Waals surface area contributed by atoms with Crippen LogP contribution >= 0.6 is 58.5 Å². The number of carboxylic acids is 1. The minimum Gasteiger partial charge on any atom is -0.477 e. The van der Waals surface area contributed by atoms with Crippen molar-refractivity contribution in [2.75, 3.05) is 37.9 Å². The highest BCUT2D eigenvalue weighted by molar-refractivity contribution is 8.01. The van der Waals surface area contributed by atoms with E-state index in [4.69, 9.17) is 23.2 Å². The zero-order valence-electron chi connectivity index (χ0n) is 21.4. The summed E-state index contributed by atoms with van der Waals surface area (Å²) < 4.78 is 2.13. The Morgan fingerprint density at radius 2 is 1.95 bits per heavy atom. The number of β-lactam (4-membered cyclic amide) rings is 1. The number of halogens is 2. The molecule has 3 heterocycles. The fourth-order valence-electron chi connectivity index (χ4n) is 4.17. The van der Waals surface area contributed by atoms with Crippen LogP contribution in [-0.2, 0) is 20.9 Å². The van der Waals surface area contributed by atoms with Crippen molar-refractivity contribution in [1.82, 2.24) is 15.1 Å². The first-order valence-electron chi connectivity index (χ1n) is 12.2. The van der Waals surface area contributed by atoms with Crippen LogP contribution in [0.15, 0.2) is 63.8 Å². The number of fused-ring (bicyclic) bond motifs is 1. The summed E-state index contributed by atoms with van der Waals surface area (Å²) in [5.41, 5.74) is 0.720. The molecule has 2 amide bonds. The SMILES string of the molecule is CN(C)CCC[n+]1ccc(SCC2=C(C(=O)O)N3C(=O)[C@H](NC(=O)CSc4cc(Cl)ccc4Cl)[C@H]3SC2)cc1. The fourth-order valence-corrected chi connectivity index (χ4v) is 7.84. The minimum absolute atomic E-state index is 0.0245. The molecule has 2 atom stereocenters. The summed E-state index contributed by atoms with van der Waals surface area (Å²) in [6.45, 7) is 1.95. The van der Waals surface area contributed by atoms with Crippen molar-refractivity contribution in [3.8, 4) is 0 Å². The average molecular weight is 629 g/mol. The largest absolute Gasteiger partial charge is 0.477 e. The van der Waals surface area contributed by atoms with E-state index in [1.165, 1.54) is 28.4 Å². The van der Waals surface area contributed by atoms with Gasteiger partial charge in [-0.2, -0.15) is 0 Å². The maximum Gasteiger partial charge on any atom is 0.352 e. The molecule has 2 N–H and O–H groups in total. The molecule has 0 saturated carbocycles. The number of carbonyl (C=O) groups excluding carboxylic acids is 2. The van der Waals surface area contributed by atoms with Gasteiger partial charge >= 0.3 is 5.97 Å². The summed E-state index contributed by atoms with van der Waals surface area (Å²) >= 11 is 16.4. The topological polar surface area (TPSA) is 93.8 Å². The first-order valence-corrected chi connectivity index (χ1v) is 16.0. The lowest BCUT2D eigenvalue weighted by Crippen LogP contribution is -2.70. The molecule has 4 rings (SSSR count). The van der Waals surface area contributed by atoms with Crippen molar-refractivity contribution >= 4 is 76.3 Å². The van der Waals surface area contributed by atoms with Crippen molar-refractivity contribution in [3.05, 3.63) is 64.0 Å². The van der Waals surface area contributed by atoms with Gasteiger partial charge in [-0.1, -0.05) is 23.2 Å². The maximum atomic E-state index is 12.9. The number of aromatic nitrogens is 1. The first-order chi connectivity index (χ1) is 18.6. The van der Waals surface area contributed by atoms with Crippen molar-refractivity contribution in [2.24, 2.45) is 0 Å². The highest BCUT2D eigenvalue weighted by Gasteiger charge is 2.54. The number of thioether (sulfide) groups is 3. The summed E-state index contributed by atoms with van der Waals surface area (Å²) in [4.78, 5) is 42.8. The van der Waals surface area contributed by atoms with Gasteiger partial charge in [0.1, 0.15) is 23.7 Å². The van der Waals surface area contributed by atoms with Crippen LogP contribution in [0.3, 0.4) is 0 Å². The molecule has 208 valence electrons. The Kier molecular flexibility index (Phi) is 10.5. The van der Waals surface area contributed by atoms with Crippen LogP contribution < -0.4 is 9.88 Å². The lowest BCUT2D eigenvalue weighted by Gasteiger charge is -2.49. The molecule has 2 aliphatic rings. The Hall–Kier alpha value is -1.89. The van der Waals surface area contributed by atoms with Gasteiger partial charge in [0.15, 0.2) is 12.4 Å². The molecule has 1 fully saturated rings. The Labute approximate surface area is 250 Å². The summed E-state index contributed by atoms with van der Waals surface area (Å²) in [6, 6.07) is 8.29. The molecule has 8 nitrogen and oxygen atoms in total. The highest BCUT2D eigenvalue weighted by Crippen LogP contribution is 2.41. The summed E-state index contributed by atoms with van der Waals surface area (Å²) in [6.07, 6.45) is 5.11. The third-order valence-corrected chi connectivity index (χ3v) is 10.3. The molecule has 0 aliphatic carbocycles. The summed E-state index contributed by atoms with van der Waals surface area (Å²) in [5.74, 6) is -0.891. The minimum atomic E-state index is -1.13. The zero-order chi connectivity index (χ0) is 28.1. The molecule has 0 spiro atoms. The van der Waals surface area contributed by atoms with Crippen LogP contribution in [0.4, 0.5) is 0 Å². The molecule has 13 heteroatoms. The second-order valence-electron chi connectivity index (χ2n) is 9.29. The molecule has 1 saturated heterocycles. The molecular formula is C26H29Cl2N4O4S3+. The van der Waals surface area contributed by atoms with E-state index in [9.17, 15) is 19.5 Å². The third kappa shape index (κ3) is 7.65. The van der Waals surface area contributed by atoms with Crippen LogP contribution in [0, 0.1) is 0 Å². The summed E-state index contributed by atoms with van der Waals surface area (Å²) in [7, 11) is 4.11. The second kappa shape index (κ2) is 13.6. The van der Waals surface area contributed by atoms with Gasteiger partial charge in [0.2, 0.25) is 5.91 Å². The van der Waals surface area contributed by atoms with Gasteiger partial charge in [-0.15, -0.1) is 35.3 Å². The number of nitrogens with one attached hydrogen (secondary N) is 1. The zero-order valence-corrected chi connectivity index (χ0v) is 25.4. The average Bonchev–Trinajstić information content (AvgIpc) is 2.90. The van der Waals surface area contributed by atoms with Gasteiger partial charge in [-0.3, -0.25) is 14.5 Å². The molecule has 0 bridgehead atoms. The standard InChI is InChI=1S/C26H28Cl2N4O4S3/c1-30(2)8-3-9-31-10-6-18(7-11-31)37-13-16-14-39-25-22(24(34)32(25)23(16)26(35)36)29-21(33)15-38-20-12-17(27)4-5-19(20)28/h4-7,10-12,22,25H,3,8-9,13-15H2,1-2H3,(H-,29,33,35,36)/p+1/t22-,25+/m0/s1. The lowest BCUT2D eigenvalue weighted by molar-refractivity contribution is -0.697. The van der Waals surface area contributed by atoms with Crippen LogP contribution in [0.25, 0.3) is 0 Å². The van der Waals surface area contributed by atoms with Crippen molar-refractivity contribution in [3.63, 3.8) is 0 Å². The van der Waals surface area contributed by atoms with E-state index >= 15 is 0 Å². The first kappa shape index (κ1) is 30.1. The van der Waals surface area contributed by atoms with Crippen LogP contribution in [-0.4, -0.2) is 82.0 Å². The number of benzene rings is 1. The Bertz CT molecular complexity index is 1280. The molecular weight excluding hydrogens is 599 g/mol. The second-order valence-corrected chi connectivity index (χ2v) is 13.3. The van der Waals surface area contributed by atoms with Crippen LogP contribution in [0.1, 0.15) is 6.42 Å². The van der Waals surface area contributed by atoms with Crippen molar-refractivity contribution in [1.29, 1.82) is 0 Å². The smallest absolute Gasteiger partial charge is 0.352 e. The predicted molar refractivity (Wildman–Crippen MR) is 157 cm³/mol. The molecule has 2 aromatic rings. The van der Waals surface area contributed by atoms with Gasteiger partial charge < -0.3 is 15.3 Å². The van der Waals surface area contributed by atoms with Crippen LogP contribution in [0.5, 0.6) is 0 Å². The normalized spacial score (nSPS) is 18.7. The highest BCUT2D eigenvalue weighted by atomic mass is 35.5. The number of hydrogen-bond acceptors (Lipinski definition) is 7. The number of rotatable bonds is 12. The number of aryl methyl sites for hydroxylation is 1. The fraction of sp³-hybridized carbons (Fsp3) is 0.385. The van der Waals surface area contributed by atoms with Gasteiger partial charge in [0.05, 0.1) is 10.8 Å². The predicted octanol–water partition coefficient (Wildman–Crippen LogP) is 3.86. The van der Waals surface area contributed by atoms with Gasteiger partial charge in [-0.05, 0) is 37.9 Å². The van der Waals surface area contributed by atoms with Gasteiger partial charge in [0, 0.05) is 51.4 Å². The van der Waals surface area contributed by atoms with E-state index in [1.54, 1.807) is 30.0 Å². The molecule has 0 radical (unpaired) electrons. The number of aliphatic carboxylic acids is 1. The van der Waals surface area contributed by atoms with Crippen LogP contribution in [0.2, 0.25) is 10.0 Å². The quantitative estimate of drug-likeness (QED) is 0.208. The number of carbonyl (C=O) groups is 3. The van der Waals surface area contributed by atoms with Gasteiger partial charge in [0.25, 0.3) is 5.91 Å². The van der Waals surface area contributed by atoms with Gasteiger partial charge in [-0.25, -0.2) is 9.36 Å². The number of pyridine rings is 1. The molecule has 2 aliphatic heterocycles. The Balaban J connectivity index is 1.33. The molecule has 39 heavy (non-hydrogen) atoms. The van der Waals surface area contributed by atoms with E-state index < -0.39 is 23.3 Å². The Morgan fingerprint density at radius 3 is 2.64 bits per heavy atom. The number of amides is 2. The molecule has 1 aromatic carbocycles.